The Hall–Kier alpha value is -2.06. The van der Waals surface area contributed by atoms with E-state index in [-0.39, 0.29) is 17.5 Å². The summed E-state index contributed by atoms with van der Waals surface area (Å²) in [5.74, 6) is -0.762. The summed E-state index contributed by atoms with van der Waals surface area (Å²) in [6.07, 6.45) is 4.40. The maximum atomic E-state index is 11.7. The monoisotopic (exact) mass is 397 g/mol. The van der Waals surface area contributed by atoms with Crippen LogP contribution in [0.15, 0.2) is 28.4 Å². The Morgan fingerprint density at radius 2 is 2.27 bits per heavy atom. The summed E-state index contributed by atoms with van der Waals surface area (Å²) in [5, 5.41) is 19.3. The minimum Gasteiger partial charge on any atom is -0.493 e. The normalized spacial score (nSPS) is 18.5. The fraction of sp³-hybridized carbons (Fsp3) is 0.412. The van der Waals surface area contributed by atoms with Crippen LogP contribution in [0.5, 0.6) is 5.75 Å². The number of rotatable bonds is 9. The molecule has 1 saturated heterocycles. The van der Waals surface area contributed by atoms with Crippen molar-refractivity contribution in [1.82, 2.24) is 5.32 Å². The van der Waals surface area contributed by atoms with E-state index in [0.717, 1.165) is 31.0 Å². The molecule has 1 aliphatic rings. The van der Waals surface area contributed by atoms with Crippen LogP contribution in [0.2, 0.25) is 5.02 Å². The molecule has 0 bridgehead atoms. The second-order valence-electron chi connectivity index (χ2n) is 5.58. The number of unbranched alkanes of at least 4 members (excludes halogenated alkanes) is 2. The summed E-state index contributed by atoms with van der Waals surface area (Å²) in [7, 11) is 0. The minimum atomic E-state index is -1.04. The molecule has 1 aromatic carbocycles. The number of amides is 1. The summed E-state index contributed by atoms with van der Waals surface area (Å²) in [5.41, 5.74) is 0.676. The highest BCUT2D eigenvalue weighted by Gasteiger charge is 2.32. The van der Waals surface area contributed by atoms with Crippen molar-refractivity contribution in [1.29, 1.82) is 0 Å². The number of carbonyl (C=O) groups excluding carboxylic acids is 1. The molecule has 0 spiro atoms. The topological polar surface area (TPSA) is 100 Å². The highest BCUT2D eigenvalue weighted by atomic mass is 35.5. The van der Waals surface area contributed by atoms with Gasteiger partial charge in [0.25, 0.3) is 0 Å². The van der Waals surface area contributed by atoms with Gasteiger partial charge in [-0.05, 0) is 24.6 Å². The van der Waals surface area contributed by atoms with Gasteiger partial charge >= 0.3 is 5.97 Å². The van der Waals surface area contributed by atoms with E-state index in [0.29, 0.717) is 22.9 Å². The number of ether oxygens (including phenoxy) is 1. The van der Waals surface area contributed by atoms with Gasteiger partial charge in [0.2, 0.25) is 5.91 Å². The standard InChI is InChI=1S/C17H20ClN3O4S/c1-2-3-4-7-25-13-6-5-12(18)8-11(13)10-19-21-17-20-16(24)14(26-17)9-15(22)23/h5-6,8,10,14H,2-4,7,9H2,1H3,(H,22,23)(H,20,21,24). The molecule has 0 saturated carbocycles. The van der Waals surface area contributed by atoms with E-state index in [2.05, 4.69) is 22.4 Å². The summed E-state index contributed by atoms with van der Waals surface area (Å²) in [6, 6.07) is 5.23. The Balaban J connectivity index is 2.02. The van der Waals surface area contributed by atoms with Gasteiger partial charge in [0, 0.05) is 10.6 Å². The lowest BCUT2D eigenvalue weighted by Crippen LogP contribution is -2.26. The van der Waals surface area contributed by atoms with Gasteiger partial charge in [-0.3, -0.25) is 9.59 Å². The number of benzene rings is 1. The van der Waals surface area contributed by atoms with E-state index in [4.69, 9.17) is 21.4 Å². The first kappa shape index (κ1) is 20.3. The van der Waals surface area contributed by atoms with Crippen molar-refractivity contribution in [2.75, 3.05) is 6.61 Å². The van der Waals surface area contributed by atoms with E-state index >= 15 is 0 Å². The first-order chi connectivity index (χ1) is 12.5. The molecule has 0 aromatic heterocycles. The number of nitrogens with zero attached hydrogens (tertiary/aromatic N) is 2. The molecule has 7 nitrogen and oxygen atoms in total. The molecule has 1 aromatic rings. The van der Waals surface area contributed by atoms with Gasteiger partial charge in [0.15, 0.2) is 5.17 Å². The molecule has 2 rings (SSSR count). The number of hydrogen-bond acceptors (Lipinski definition) is 6. The molecule has 0 radical (unpaired) electrons. The SMILES string of the molecule is CCCCCOc1ccc(Cl)cc1C=NN=C1NC(=O)C(CC(=O)O)S1. The molecule has 1 aliphatic heterocycles. The fourth-order valence-electron chi connectivity index (χ4n) is 2.17. The van der Waals surface area contributed by atoms with Gasteiger partial charge < -0.3 is 15.2 Å². The molecule has 9 heteroatoms. The van der Waals surface area contributed by atoms with Crippen molar-refractivity contribution >= 4 is 46.6 Å². The smallest absolute Gasteiger partial charge is 0.305 e. The second kappa shape index (κ2) is 10.2. The number of aliphatic carboxylic acids is 1. The molecule has 2 N–H and O–H groups in total. The van der Waals surface area contributed by atoms with Crippen LogP contribution in [-0.2, 0) is 9.59 Å². The highest BCUT2D eigenvalue weighted by molar-refractivity contribution is 8.15. The van der Waals surface area contributed by atoms with Crippen molar-refractivity contribution in [3.63, 3.8) is 0 Å². The Bertz CT molecular complexity index is 724. The molecular formula is C17H20ClN3O4S. The summed E-state index contributed by atoms with van der Waals surface area (Å²) in [4.78, 5) is 22.4. The largest absolute Gasteiger partial charge is 0.493 e. The van der Waals surface area contributed by atoms with Gasteiger partial charge in [-0.2, -0.15) is 5.10 Å². The molecule has 1 heterocycles. The Kier molecular flexibility index (Phi) is 7.93. The lowest BCUT2D eigenvalue weighted by atomic mass is 10.2. The Morgan fingerprint density at radius 1 is 1.46 bits per heavy atom. The quantitative estimate of drug-likeness (QED) is 0.378. The summed E-state index contributed by atoms with van der Waals surface area (Å²) in [6.45, 7) is 2.73. The molecule has 1 amide bonds. The zero-order chi connectivity index (χ0) is 18.9. The maximum Gasteiger partial charge on any atom is 0.305 e. The predicted molar refractivity (Wildman–Crippen MR) is 103 cm³/mol. The zero-order valence-electron chi connectivity index (χ0n) is 14.3. The average Bonchev–Trinajstić information content (AvgIpc) is 2.92. The summed E-state index contributed by atoms with van der Waals surface area (Å²) < 4.78 is 5.76. The van der Waals surface area contributed by atoms with Crippen LogP contribution < -0.4 is 10.1 Å². The highest BCUT2D eigenvalue weighted by Crippen LogP contribution is 2.23. The molecule has 1 unspecified atom stereocenters. The lowest BCUT2D eigenvalue weighted by molar-refractivity contribution is -0.138. The number of carboxylic acids is 1. The van der Waals surface area contributed by atoms with E-state index < -0.39 is 11.2 Å². The summed E-state index contributed by atoms with van der Waals surface area (Å²) >= 11 is 7.07. The van der Waals surface area contributed by atoms with E-state index in [1.165, 1.54) is 6.21 Å². The van der Waals surface area contributed by atoms with Gasteiger partial charge in [0.05, 0.1) is 19.2 Å². The molecule has 1 atom stereocenters. The number of carbonyl (C=O) groups is 2. The third-order valence-electron chi connectivity index (χ3n) is 3.46. The average molecular weight is 398 g/mol. The molecule has 1 fully saturated rings. The van der Waals surface area contributed by atoms with Crippen molar-refractivity contribution in [3.8, 4) is 5.75 Å². The number of nitrogens with one attached hydrogen (secondary N) is 1. The maximum absolute atomic E-state index is 11.7. The lowest BCUT2D eigenvalue weighted by Gasteiger charge is -2.08. The zero-order valence-corrected chi connectivity index (χ0v) is 15.8. The third kappa shape index (κ3) is 6.34. The van der Waals surface area contributed by atoms with Gasteiger partial charge in [-0.15, -0.1) is 5.10 Å². The molecule has 0 aliphatic carbocycles. The van der Waals surface area contributed by atoms with Crippen molar-refractivity contribution < 1.29 is 19.4 Å². The van der Waals surface area contributed by atoms with Crippen LogP contribution in [0.25, 0.3) is 0 Å². The van der Waals surface area contributed by atoms with Crippen molar-refractivity contribution in [2.45, 2.75) is 37.9 Å². The van der Waals surface area contributed by atoms with Gasteiger partial charge in [-0.1, -0.05) is 43.1 Å². The third-order valence-corrected chi connectivity index (χ3v) is 4.77. The van der Waals surface area contributed by atoms with Crippen LogP contribution in [0.4, 0.5) is 0 Å². The van der Waals surface area contributed by atoms with Gasteiger partial charge in [-0.25, -0.2) is 0 Å². The first-order valence-electron chi connectivity index (χ1n) is 8.22. The molecule has 26 heavy (non-hydrogen) atoms. The second-order valence-corrected chi connectivity index (χ2v) is 7.21. The van der Waals surface area contributed by atoms with Crippen molar-refractivity contribution in [3.05, 3.63) is 28.8 Å². The number of halogens is 1. The van der Waals surface area contributed by atoms with Crippen LogP contribution in [0, 0.1) is 0 Å². The van der Waals surface area contributed by atoms with E-state index in [1.54, 1.807) is 18.2 Å². The van der Waals surface area contributed by atoms with Gasteiger partial charge in [0.1, 0.15) is 11.0 Å². The van der Waals surface area contributed by atoms with Crippen LogP contribution in [0.1, 0.15) is 38.2 Å². The number of amidine groups is 1. The van der Waals surface area contributed by atoms with Crippen LogP contribution >= 0.6 is 23.4 Å². The predicted octanol–water partition coefficient (Wildman–Crippen LogP) is 3.31. The fourth-order valence-corrected chi connectivity index (χ4v) is 3.27. The Labute approximate surface area is 160 Å². The molecular weight excluding hydrogens is 378 g/mol. The molecule has 140 valence electrons. The van der Waals surface area contributed by atoms with Crippen molar-refractivity contribution in [2.24, 2.45) is 10.2 Å². The number of thioether (sulfide) groups is 1. The van der Waals surface area contributed by atoms with Crippen LogP contribution in [-0.4, -0.2) is 40.2 Å². The first-order valence-corrected chi connectivity index (χ1v) is 9.48. The minimum absolute atomic E-state index is 0.261. The Morgan fingerprint density at radius 3 is 3.00 bits per heavy atom. The number of carboxylic acid groups (broad SMARTS) is 1. The number of hydrogen-bond donors (Lipinski definition) is 2. The van der Waals surface area contributed by atoms with E-state index in [9.17, 15) is 9.59 Å². The van der Waals surface area contributed by atoms with E-state index in [1.807, 2.05) is 0 Å². The van der Waals surface area contributed by atoms with Crippen LogP contribution in [0.3, 0.4) is 0 Å².